The van der Waals surface area contributed by atoms with Crippen molar-refractivity contribution < 1.29 is 0 Å². The van der Waals surface area contributed by atoms with E-state index in [-0.39, 0.29) is 10.8 Å². The van der Waals surface area contributed by atoms with E-state index in [2.05, 4.69) is 427 Å². The average Bonchev–Trinajstić information content (AvgIpc) is 1.54. The molecule has 2 heterocycles. The fraction of sp³-hybridized carbons (Fsp3) is 0.0943. The van der Waals surface area contributed by atoms with Crippen LogP contribution in [-0.2, 0) is 21.7 Å². The van der Waals surface area contributed by atoms with Crippen LogP contribution in [0.5, 0.6) is 0 Å². The molecular weight excluding hydrogens is 1360 g/mol. The summed E-state index contributed by atoms with van der Waals surface area (Å²) >= 11 is 1.26. The Labute approximate surface area is 653 Å². The van der Waals surface area contributed by atoms with Gasteiger partial charge < -0.3 is 9.47 Å². The number of nitrogens with zero attached hydrogens (tertiary/aromatic N) is 4. The molecular formula is C106H80N4S. The van der Waals surface area contributed by atoms with Crippen LogP contribution < -0.4 is 4.90 Å². The molecule has 0 spiro atoms. The molecule has 2 aromatic heterocycles. The molecule has 111 heavy (non-hydrogen) atoms. The van der Waals surface area contributed by atoms with Gasteiger partial charge in [-0.3, -0.25) is 0 Å². The van der Waals surface area contributed by atoms with Gasteiger partial charge in [-0.1, -0.05) is 333 Å². The Bertz CT molecular complexity index is 6160. The van der Waals surface area contributed by atoms with Gasteiger partial charge in [0, 0.05) is 33.4 Å². The molecule has 2 aliphatic rings. The van der Waals surface area contributed by atoms with Gasteiger partial charge in [0.1, 0.15) is 11.0 Å². The van der Waals surface area contributed by atoms with E-state index in [1.54, 1.807) is 0 Å². The average molecular weight is 1440 g/mol. The van der Waals surface area contributed by atoms with Crippen molar-refractivity contribution in [2.75, 3.05) is 4.90 Å². The fourth-order valence-corrected chi connectivity index (χ4v) is 18.9. The van der Waals surface area contributed by atoms with E-state index in [1.165, 1.54) is 123 Å². The van der Waals surface area contributed by atoms with Crippen LogP contribution in [0.2, 0.25) is 0 Å². The van der Waals surface area contributed by atoms with Crippen molar-refractivity contribution in [3.8, 4) is 83.6 Å². The Morgan fingerprint density at radius 3 is 1.00 bits per heavy atom. The van der Waals surface area contributed by atoms with Crippen molar-refractivity contribution in [3.63, 3.8) is 0 Å². The van der Waals surface area contributed by atoms with Crippen LogP contribution >= 0.6 is 11.7 Å². The summed E-state index contributed by atoms with van der Waals surface area (Å²) in [5, 5.41) is 2.43. The monoisotopic (exact) mass is 1440 g/mol. The first-order valence-electron chi connectivity index (χ1n) is 38.7. The smallest absolute Gasteiger partial charge is 0.129 e. The van der Waals surface area contributed by atoms with Crippen molar-refractivity contribution in [2.24, 2.45) is 0 Å². The van der Waals surface area contributed by atoms with Gasteiger partial charge in [-0.2, -0.15) is 8.75 Å². The Balaban J connectivity index is 0.696. The van der Waals surface area contributed by atoms with E-state index in [9.17, 15) is 0 Å². The second-order valence-electron chi connectivity index (χ2n) is 32.1. The summed E-state index contributed by atoms with van der Waals surface area (Å²) in [6.07, 6.45) is 0. The lowest BCUT2D eigenvalue weighted by molar-refractivity contribution is 0.590. The minimum atomic E-state index is -0.519. The van der Waals surface area contributed by atoms with Crippen LogP contribution in [0, 0.1) is 0 Å². The van der Waals surface area contributed by atoms with Crippen molar-refractivity contribution >= 4 is 61.6 Å². The Hall–Kier alpha value is -13.1. The molecule has 0 aliphatic heterocycles. The lowest BCUT2D eigenvalue weighted by Crippen LogP contribution is -2.28. The number of aromatic nitrogens is 3. The number of hydrogen-bond donors (Lipinski definition) is 0. The molecule has 16 aromatic carbocycles. The Kier molecular flexibility index (Phi) is 16.0. The Morgan fingerprint density at radius 2 is 0.595 bits per heavy atom. The van der Waals surface area contributed by atoms with Crippen LogP contribution in [0.25, 0.3) is 116 Å². The summed E-state index contributed by atoms with van der Waals surface area (Å²) in [6.45, 7) is 13.7. The molecule has 5 heteroatoms. The van der Waals surface area contributed by atoms with Crippen molar-refractivity contribution in [1.29, 1.82) is 0 Å². The molecule has 4 nitrogen and oxygen atoms in total. The molecule has 18 aromatic rings. The predicted octanol–water partition coefficient (Wildman–Crippen LogP) is 27.9. The van der Waals surface area contributed by atoms with Gasteiger partial charge in [-0.25, -0.2) is 0 Å². The van der Waals surface area contributed by atoms with E-state index in [0.29, 0.717) is 0 Å². The van der Waals surface area contributed by atoms with E-state index < -0.39 is 10.8 Å². The summed E-state index contributed by atoms with van der Waals surface area (Å²) in [5.74, 6) is 0. The zero-order valence-electron chi connectivity index (χ0n) is 63.0. The summed E-state index contributed by atoms with van der Waals surface area (Å²) in [7, 11) is 0. The van der Waals surface area contributed by atoms with Crippen molar-refractivity contribution in [3.05, 3.63) is 432 Å². The number of benzene rings is 16. The number of hydrogen-bond acceptors (Lipinski definition) is 4. The highest BCUT2D eigenvalue weighted by Crippen LogP contribution is 2.59. The number of rotatable bonds is 13. The van der Waals surface area contributed by atoms with Gasteiger partial charge in [0.25, 0.3) is 0 Å². The second kappa shape index (κ2) is 26.4. The third-order valence-electron chi connectivity index (χ3n) is 23.8. The van der Waals surface area contributed by atoms with E-state index in [4.69, 9.17) is 8.75 Å². The molecule has 0 saturated carbocycles. The lowest BCUT2D eigenvalue weighted by Gasteiger charge is -2.34. The fourth-order valence-electron chi connectivity index (χ4n) is 18.3. The largest absolute Gasteiger partial charge is 0.309 e. The standard InChI is InChI=1S/C106H80N4S/c1-103(2,3)78-49-35-69(36-50-78)74-47-62-98-92(65-74)93-66-75(70-37-51-79(52-38-70)104(4,5)6)48-63-99(93)110(98)86-57-43-73(44-58-86)87-61-64-100(102-101(87)107-111-108-102)109(84-53-39-71(40-54-84)76-45-59-90-88-31-19-21-33-94(88)105(96(90)67-76,80-23-11-7-12-24-80)81-25-13-8-14-26-81)85-55-41-72(42-56-85)77-46-60-91-89-32-20-22-34-95(89)106(97(91)68-77,82-27-15-9-16-28-82)83-29-17-10-18-30-83/h7-68H,1-6H3. The molecule has 530 valence electrons. The minimum absolute atomic E-state index is 0.0650. The van der Waals surface area contributed by atoms with Gasteiger partial charge in [0.15, 0.2) is 0 Å². The first kappa shape index (κ1) is 67.3. The molecule has 0 amide bonds. The van der Waals surface area contributed by atoms with E-state index in [0.717, 1.165) is 78.2 Å². The second-order valence-corrected chi connectivity index (χ2v) is 32.6. The highest BCUT2D eigenvalue weighted by molar-refractivity contribution is 7.00. The van der Waals surface area contributed by atoms with Gasteiger partial charge >= 0.3 is 0 Å². The van der Waals surface area contributed by atoms with Gasteiger partial charge in [-0.05, 0) is 224 Å². The topological polar surface area (TPSA) is 34.0 Å². The van der Waals surface area contributed by atoms with Crippen LogP contribution in [-0.4, -0.2) is 13.3 Å². The summed E-state index contributed by atoms with van der Waals surface area (Å²) in [4.78, 5) is 2.37. The molecule has 0 bridgehead atoms. The van der Waals surface area contributed by atoms with Crippen LogP contribution in [0.1, 0.15) is 97.2 Å². The predicted molar refractivity (Wildman–Crippen MR) is 466 cm³/mol. The maximum atomic E-state index is 5.23. The zero-order valence-corrected chi connectivity index (χ0v) is 63.8. The molecule has 0 N–H and O–H groups in total. The lowest BCUT2D eigenvalue weighted by atomic mass is 9.67. The SMILES string of the molecule is CC(C)(C)c1ccc(-c2ccc3c(c2)c2cc(-c4ccc(C(C)(C)C)cc4)ccc2n3-c2ccc(-c3ccc(N(c4ccc(-c5ccc6c(c5)C(c5ccccc5)(c5ccccc5)c5ccccc5-6)cc4)c4ccc(-c5ccc6c(c5)C(c5ccccc5)(c5ccccc5)c5ccccc5-6)cc4)c4nsnc34)cc2)cc1. The van der Waals surface area contributed by atoms with E-state index in [1.807, 2.05) is 0 Å². The molecule has 2 aliphatic carbocycles. The van der Waals surface area contributed by atoms with Crippen LogP contribution in [0.3, 0.4) is 0 Å². The highest BCUT2D eigenvalue weighted by atomic mass is 32.1. The number of anilines is 3. The quantitative estimate of drug-likeness (QED) is 0.115. The third kappa shape index (κ3) is 11.0. The van der Waals surface area contributed by atoms with Crippen LogP contribution in [0.4, 0.5) is 17.1 Å². The van der Waals surface area contributed by atoms with E-state index >= 15 is 0 Å². The minimum Gasteiger partial charge on any atom is -0.309 e. The maximum Gasteiger partial charge on any atom is 0.129 e. The zero-order chi connectivity index (χ0) is 74.7. The summed E-state index contributed by atoms with van der Waals surface area (Å²) in [5.41, 5.74) is 36.4. The molecule has 0 unspecified atom stereocenters. The van der Waals surface area contributed by atoms with Gasteiger partial charge in [-0.15, -0.1) is 0 Å². The number of fused-ring (bicyclic) bond motifs is 10. The molecule has 0 fully saturated rings. The maximum absolute atomic E-state index is 5.23. The third-order valence-corrected chi connectivity index (χ3v) is 24.4. The molecule has 0 saturated heterocycles. The normalized spacial score (nSPS) is 13.3. The Morgan fingerprint density at radius 1 is 0.270 bits per heavy atom. The van der Waals surface area contributed by atoms with Crippen LogP contribution in [0.15, 0.2) is 376 Å². The van der Waals surface area contributed by atoms with Crippen molar-refractivity contribution in [1.82, 2.24) is 13.3 Å². The first-order chi connectivity index (χ1) is 54.3. The molecule has 0 radical (unpaired) electrons. The van der Waals surface area contributed by atoms with Crippen molar-refractivity contribution in [2.45, 2.75) is 63.2 Å². The first-order valence-corrected chi connectivity index (χ1v) is 39.4. The summed E-state index contributed by atoms with van der Waals surface area (Å²) in [6, 6.07) is 141. The molecule has 0 atom stereocenters. The van der Waals surface area contributed by atoms with Gasteiger partial charge in [0.2, 0.25) is 0 Å². The molecule has 20 rings (SSSR count). The highest BCUT2D eigenvalue weighted by Gasteiger charge is 2.48. The van der Waals surface area contributed by atoms with Gasteiger partial charge in [0.05, 0.1) is 39.3 Å². The summed E-state index contributed by atoms with van der Waals surface area (Å²) < 4.78 is 12.9.